The molecule has 2 amide bonds. The number of carbonyl (C=O) groups is 1. The molecular weight excluding hydrogens is 308 g/mol. The minimum atomic E-state index is -0.101. The van der Waals surface area contributed by atoms with Crippen molar-refractivity contribution in [2.75, 3.05) is 19.7 Å². The van der Waals surface area contributed by atoms with Crippen molar-refractivity contribution in [1.82, 2.24) is 10.2 Å². The summed E-state index contributed by atoms with van der Waals surface area (Å²) in [7, 11) is 0. The number of carbonyl (C=O) groups excluding carboxylic acids is 1. The van der Waals surface area contributed by atoms with Crippen molar-refractivity contribution in [3.8, 4) is 0 Å². The molecule has 0 fully saturated rings. The van der Waals surface area contributed by atoms with Crippen LogP contribution in [-0.2, 0) is 0 Å². The van der Waals surface area contributed by atoms with E-state index < -0.39 is 0 Å². The fourth-order valence-corrected chi connectivity index (χ4v) is 3.06. The molecule has 2 N–H and O–H groups in total. The third-order valence-electron chi connectivity index (χ3n) is 2.90. The van der Waals surface area contributed by atoms with E-state index in [-0.39, 0.29) is 24.1 Å². The highest BCUT2D eigenvalue weighted by atomic mass is 35.5. The van der Waals surface area contributed by atoms with E-state index in [1.807, 2.05) is 19.1 Å². The van der Waals surface area contributed by atoms with E-state index >= 15 is 0 Å². The molecule has 0 aliphatic carbocycles. The van der Waals surface area contributed by atoms with Gasteiger partial charge in [0, 0.05) is 24.6 Å². The monoisotopic (exact) mass is 332 g/mol. The lowest BCUT2D eigenvalue weighted by molar-refractivity contribution is 0.162. The zero-order valence-electron chi connectivity index (χ0n) is 13.1. The van der Waals surface area contributed by atoms with E-state index in [4.69, 9.17) is 16.7 Å². The number of hydrogen-bond donors (Lipinski definition) is 2. The first-order valence-corrected chi connectivity index (χ1v) is 8.34. The number of thiophene rings is 1. The van der Waals surface area contributed by atoms with Gasteiger partial charge in [-0.3, -0.25) is 0 Å². The molecule has 0 saturated carbocycles. The summed E-state index contributed by atoms with van der Waals surface area (Å²) in [6.45, 7) is 9.51. The molecule has 1 atom stereocenters. The average Bonchev–Trinajstić information content (AvgIpc) is 2.79. The number of nitrogens with one attached hydrogen (secondary N) is 1. The molecule has 0 aromatic carbocycles. The molecule has 0 aliphatic rings. The quantitative estimate of drug-likeness (QED) is 0.830. The molecule has 0 radical (unpaired) electrons. The van der Waals surface area contributed by atoms with Crippen molar-refractivity contribution in [2.24, 2.45) is 5.41 Å². The lowest BCUT2D eigenvalue weighted by Gasteiger charge is -2.31. The highest BCUT2D eigenvalue weighted by Gasteiger charge is 2.22. The summed E-state index contributed by atoms with van der Waals surface area (Å²) in [5, 5.41) is 12.0. The second-order valence-corrected chi connectivity index (χ2v) is 8.12. The van der Waals surface area contributed by atoms with Gasteiger partial charge in [0.15, 0.2) is 0 Å². The zero-order chi connectivity index (χ0) is 16.0. The number of aliphatic hydroxyl groups is 1. The van der Waals surface area contributed by atoms with Gasteiger partial charge < -0.3 is 15.3 Å². The van der Waals surface area contributed by atoms with Crippen molar-refractivity contribution in [3.63, 3.8) is 0 Å². The Morgan fingerprint density at radius 1 is 1.48 bits per heavy atom. The Labute approximate surface area is 136 Å². The molecule has 1 unspecified atom stereocenters. The highest BCUT2D eigenvalue weighted by Crippen LogP contribution is 2.27. The van der Waals surface area contributed by atoms with E-state index in [0.29, 0.717) is 19.5 Å². The Balaban J connectivity index is 2.66. The van der Waals surface area contributed by atoms with E-state index in [2.05, 4.69) is 26.1 Å². The predicted molar refractivity (Wildman–Crippen MR) is 89.0 cm³/mol. The van der Waals surface area contributed by atoms with Crippen molar-refractivity contribution >= 4 is 29.0 Å². The summed E-state index contributed by atoms with van der Waals surface area (Å²) in [6.07, 6.45) is 0.586. The summed E-state index contributed by atoms with van der Waals surface area (Å²) >= 11 is 7.40. The molecule has 1 heterocycles. The Morgan fingerprint density at radius 2 is 2.14 bits per heavy atom. The van der Waals surface area contributed by atoms with Crippen LogP contribution < -0.4 is 5.32 Å². The fraction of sp³-hybridized carbons (Fsp3) is 0.667. The van der Waals surface area contributed by atoms with Crippen LogP contribution in [0.3, 0.4) is 0 Å². The normalized spacial score (nSPS) is 13.0. The van der Waals surface area contributed by atoms with Crippen molar-refractivity contribution in [3.05, 3.63) is 21.3 Å². The lowest BCUT2D eigenvalue weighted by atomic mass is 9.96. The van der Waals surface area contributed by atoms with Crippen molar-refractivity contribution in [2.45, 2.75) is 40.2 Å². The molecule has 0 saturated heterocycles. The number of nitrogens with zero attached hydrogens (tertiary/aromatic N) is 1. The maximum Gasteiger partial charge on any atom is 0.317 e. The molecule has 21 heavy (non-hydrogen) atoms. The van der Waals surface area contributed by atoms with Crippen LogP contribution in [-0.4, -0.2) is 35.7 Å². The molecule has 0 spiro atoms. The summed E-state index contributed by atoms with van der Waals surface area (Å²) in [6, 6.07) is 3.59. The first kappa shape index (κ1) is 18.3. The molecule has 1 rings (SSSR count). The SMILES string of the molecule is CC(NC(=O)N(CCCO)CC(C)(C)C)c1ccc(Cl)s1. The largest absolute Gasteiger partial charge is 0.396 e. The number of rotatable bonds is 6. The summed E-state index contributed by atoms with van der Waals surface area (Å²) in [5.74, 6) is 0. The Bertz CT molecular complexity index is 457. The Hall–Kier alpha value is -0.780. The summed E-state index contributed by atoms with van der Waals surface area (Å²) in [5.41, 5.74) is 0.0161. The van der Waals surface area contributed by atoms with Crippen LogP contribution in [0.2, 0.25) is 4.34 Å². The fourth-order valence-electron chi connectivity index (χ4n) is 2.00. The van der Waals surface area contributed by atoms with E-state index in [1.165, 1.54) is 11.3 Å². The standard InChI is InChI=1S/C15H25ClN2O2S/c1-11(12-6-7-13(16)21-12)17-14(20)18(8-5-9-19)10-15(2,3)4/h6-7,11,19H,5,8-10H2,1-4H3,(H,17,20). The van der Waals surface area contributed by atoms with Crippen LogP contribution in [0, 0.1) is 5.41 Å². The highest BCUT2D eigenvalue weighted by molar-refractivity contribution is 7.16. The molecule has 1 aromatic heterocycles. The molecule has 4 nitrogen and oxygen atoms in total. The Kier molecular flexibility index (Phi) is 6.97. The first-order chi connectivity index (χ1) is 9.73. The maximum absolute atomic E-state index is 12.4. The van der Waals surface area contributed by atoms with E-state index in [1.54, 1.807) is 4.90 Å². The first-order valence-electron chi connectivity index (χ1n) is 7.14. The van der Waals surface area contributed by atoms with Gasteiger partial charge in [0.05, 0.1) is 10.4 Å². The average molecular weight is 333 g/mol. The lowest BCUT2D eigenvalue weighted by Crippen LogP contribution is -2.45. The molecule has 0 bridgehead atoms. The molecule has 6 heteroatoms. The van der Waals surface area contributed by atoms with Gasteiger partial charge in [0.25, 0.3) is 0 Å². The summed E-state index contributed by atoms with van der Waals surface area (Å²) < 4.78 is 0.720. The molecular formula is C15H25ClN2O2S. The minimum absolute atomic E-state index is 0.0161. The van der Waals surface area contributed by atoms with Gasteiger partial charge in [0.2, 0.25) is 0 Å². The van der Waals surface area contributed by atoms with Crippen LogP contribution in [0.25, 0.3) is 0 Å². The van der Waals surface area contributed by atoms with Gasteiger partial charge in [0.1, 0.15) is 0 Å². The third kappa shape index (κ3) is 6.68. The number of urea groups is 1. The number of aliphatic hydroxyl groups excluding tert-OH is 1. The number of hydrogen-bond acceptors (Lipinski definition) is 3. The number of halogens is 1. The second-order valence-electron chi connectivity index (χ2n) is 6.37. The van der Waals surface area contributed by atoms with Crippen LogP contribution >= 0.6 is 22.9 Å². The van der Waals surface area contributed by atoms with Gasteiger partial charge in [-0.1, -0.05) is 32.4 Å². The van der Waals surface area contributed by atoms with Crippen LogP contribution in [0.4, 0.5) is 4.79 Å². The van der Waals surface area contributed by atoms with Crippen LogP contribution in [0.15, 0.2) is 12.1 Å². The third-order valence-corrected chi connectivity index (χ3v) is 4.31. The van der Waals surface area contributed by atoms with E-state index in [0.717, 1.165) is 9.21 Å². The van der Waals surface area contributed by atoms with Gasteiger partial charge in [-0.05, 0) is 30.9 Å². The summed E-state index contributed by atoms with van der Waals surface area (Å²) in [4.78, 5) is 15.2. The Morgan fingerprint density at radius 3 is 2.62 bits per heavy atom. The van der Waals surface area contributed by atoms with E-state index in [9.17, 15) is 4.79 Å². The zero-order valence-corrected chi connectivity index (χ0v) is 14.7. The van der Waals surface area contributed by atoms with Gasteiger partial charge in [-0.25, -0.2) is 4.79 Å². The predicted octanol–water partition coefficient (Wildman–Crippen LogP) is 3.90. The van der Waals surface area contributed by atoms with Crippen LogP contribution in [0.1, 0.15) is 45.0 Å². The van der Waals surface area contributed by atoms with Crippen molar-refractivity contribution in [1.29, 1.82) is 0 Å². The second kappa shape index (κ2) is 8.01. The molecule has 120 valence electrons. The van der Waals surface area contributed by atoms with Gasteiger partial charge >= 0.3 is 6.03 Å². The van der Waals surface area contributed by atoms with Crippen LogP contribution in [0.5, 0.6) is 0 Å². The smallest absolute Gasteiger partial charge is 0.317 e. The number of amides is 2. The molecule has 1 aromatic rings. The minimum Gasteiger partial charge on any atom is -0.396 e. The molecule has 0 aliphatic heterocycles. The topological polar surface area (TPSA) is 52.6 Å². The van der Waals surface area contributed by atoms with Crippen molar-refractivity contribution < 1.29 is 9.90 Å². The van der Waals surface area contributed by atoms with Gasteiger partial charge in [-0.2, -0.15) is 0 Å². The van der Waals surface area contributed by atoms with Gasteiger partial charge in [-0.15, -0.1) is 11.3 Å². The maximum atomic E-state index is 12.4.